The minimum atomic E-state index is -3.56. The summed E-state index contributed by atoms with van der Waals surface area (Å²) in [7, 11) is -3.56. The van der Waals surface area contributed by atoms with Gasteiger partial charge in [0, 0.05) is 37.7 Å². The van der Waals surface area contributed by atoms with E-state index in [-0.39, 0.29) is 10.5 Å². The van der Waals surface area contributed by atoms with Crippen molar-refractivity contribution in [2.24, 2.45) is 0 Å². The van der Waals surface area contributed by atoms with E-state index in [0.29, 0.717) is 35.7 Å². The number of benzene rings is 1. The Labute approximate surface area is 203 Å². The van der Waals surface area contributed by atoms with E-state index in [0.717, 1.165) is 30.1 Å². The van der Waals surface area contributed by atoms with Gasteiger partial charge in [0.15, 0.2) is 5.16 Å². The summed E-state index contributed by atoms with van der Waals surface area (Å²) >= 11 is 1.50. The van der Waals surface area contributed by atoms with Gasteiger partial charge in [0.1, 0.15) is 5.65 Å². The number of aryl methyl sites for hydroxylation is 1. The maximum absolute atomic E-state index is 13.0. The van der Waals surface area contributed by atoms with E-state index in [2.05, 4.69) is 16.5 Å². The zero-order chi connectivity index (χ0) is 24.3. The largest absolute Gasteiger partial charge is 0.319 e. The van der Waals surface area contributed by atoms with Gasteiger partial charge in [-0.05, 0) is 36.8 Å². The molecule has 0 aliphatic heterocycles. The number of imidazole rings is 1. The molecule has 0 atom stereocenters. The van der Waals surface area contributed by atoms with Crippen LogP contribution >= 0.6 is 11.8 Å². The van der Waals surface area contributed by atoms with Crippen LogP contribution in [0.1, 0.15) is 39.3 Å². The van der Waals surface area contributed by atoms with Crippen LogP contribution < -0.4 is 5.56 Å². The molecule has 34 heavy (non-hydrogen) atoms. The van der Waals surface area contributed by atoms with Crippen LogP contribution in [0.25, 0.3) is 16.7 Å². The van der Waals surface area contributed by atoms with Gasteiger partial charge in [-0.3, -0.25) is 9.20 Å². The Morgan fingerprint density at radius 3 is 2.56 bits per heavy atom. The first kappa shape index (κ1) is 24.4. The highest BCUT2D eigenvalue weighted by Crippen LogP contribution is 2.29. The molecule has 3 heterocycles. The van der Waals surface area contributed by atoms with Gasteiger partial charge in [-0.15, -0.1) is 0 Å². The summed E-state index contributed by atoms with van der Waals surface area (Å²) in [4.78, 5) is 22.1. The van der Waals surface area contributed by atoms with Crippen molar-refractivity contribution >= 4 is 38.5 Å². The van der Waals surface area contributed by atoms with Gasteiger partial charge < -0.3 is 4.57 Å². The third kappa shape index (κ3) is 4.75. The zero-order valence-electron chi connectivity index (χ0n) is 19.6. The first-order valence-corrected chi connectivity index (χ1v) is 13.9. The summed E-state index contributed by atoms with van der Waals surface area (Å²) in [5, 5.41) is 0.788. The molecule has 0 spiro atoms. The smallest absolute Gasteiger partial charge is 0.258 e. The molecule has 0 aliphatic carbocycles. The molecule has 0 fully saturated rings. The summed E-state index contributed by atoms with van der Waals surface area (Å²) in [6, 6.07) is 12.2. The van der Waals surface area contributed by atoms with E-state index >= 15 is 0 Å². The molecule has 0 saturated heterocycles. The van der Waals surface area contributed by atoms with Crippen molar-refractivity contribution in [3.8, 4) is 0 Å². The summed E-state index contributed by atoms with van der Waals surface area (Å²) in [6.45, 7) is 7.42. The highest BCUT2D eigenvalue weighted by Gasteiger charge is 2.23. The van der Waals surface area contributed by atoms with Crippen molar-refractivity contribution in [2.45, 2.75) is 56.0 Å². The van der Waals surface area contributed by atoms with Crippen molar-refractivity contribution in [3.05, 3.63) is 64.7 Å². The molecule has 180 valence electrons. The summed E-state index contributed by atoms with van der Waals surface area (Å²) in [5.41, 5.74) is 2.72. The molecule has 0 saturated carbocycles. The van der Waals surface area contributed by atoms with Crippen molar-refractivity contribution in [1.82, 2.24) is 23.2 Å². The molecular weight excluding hydrogens is 470 g/mol. The molecule has 1 aromatic carbocycles. The number of rotatable bonds is 10. The fourth-order valence-corrected chi connectivity index (χ4v) is 6.33. The predicted octanol–water partition coefficient (Wildman–Crippen LogP) is 4.17. The van der Waals surface area contributed by atoms with Crippen LogP contribution in [0.3, 0.4) is 0 Å². The number of hydrogen-bond acceptors (Lipinski definition) is 6. The number of aromatic nitrogens is 4. The second kappa shape index (κ2) is 10.3. The lowest BCUT2D eigenvalue weighted by atomic mass is 10.3. The second-order valence-corrected chi connectivity index (χ2v) is 10.8. The molecule has 0 N–H and O–H groups in total. The van der Waals surface area contributed by atoms with Gasteiger partial charge in [0.2, 0.25) is 10.0 Å². The zero-order valence-corrected chi connectivity index (χ0v) is 21.3. The lowest BCUT2D eigenvalue weighted by Crippen LogP contribution is -2.30. The molecule has 3 aromatic heterocycles. The third-order valence-corrected chi connectivity index (χ3v) is 8.79. The molecule has 10 heteroatoms. The quantitative estimate of drug-likeness (QED) is 0.304. The van der Waals surface area contributed by atoms with Crippen LogP contribution in [0, 0.1) is 0 Å². The van der Waals surface area contributed by atoms with Crippen molar-refractivity contribution in [3.63, 3.8) is 0 Å². The Kier molecular flexibility index (Phi) is 7.39. The van der Waals surface area contributed by atoms with E-state index in [1.54, 1.807) is 30.5 Å². The Bertz CT molecular complexity index is 1470. The van der Waals surface area contributed by atoms with Crippen LogP contribution in [0.4, 0.5) is 0 Å². The fourth-order valence-electron chi connectivity index (χ4n) is 3.92. The van der Waals surface area contributed by atoms with Crippen LogP contribution in [-0.4, -0.2) is 44.7 Å². The highest BCUT2D eigenvalue weighted by atomic mass is 32.2. The number of sulfonamides is 1. The number of unbranched alkanes of at least 4 members (excludes halogenated alkanes) is 1. The highest BCUT2D eigenvalue weighted by molar-refractivity contribution is 7.98. The molecule has 0 unspecified atom stereocenters. The monoisotopic (exact) mass is 499 g/mol. The number of nitrogens with zero attached hydrogens (tertiary/aromatic N) is 5. The molecular formula is C24H29N5O3S2. The second-order valence-electron chi connectivity index (χ2n) is 7.94. The normalized spacial score (nSPS) is 12.2. The summed E-state index contributed by atoms with van der Waals surface area (Å²) < 4.78 is 31.1. The Morgan fingerprint density at radius 2 is 1.82 bits per heavy atom. The molecule has 4 aromatic rings. The number of pyridine rings is 1. The van der Waals surface area contributed by atoms with Crippen LogP contribution in [0.15, 0.2) is 63.5 Å². The van der Waals surface area contributed by atoms with E-state index < -0.39 is 10.0 Å². The molecule has 4 rings (SSSR count). The van der Waals surface area contributed by atoms with E-state index in [1.165, 1.54) is 20.5 Å². The van der Waals surface area contributed by atoms with E-state index in [4.69, 9.17) is 4.98 Å². The van der Waals surface area contributed by atoms with Crippen molar-refractivity contribution < 1.29 is 8.42 Å². The van der Waals surface area contributed by atoms with Gasteiger partial charge in [-0.1, -0.05) is 45.0 Å². The first-order valence-electron chi connectivity index (χ1n) is 11.5. The van der Waals surface area contributed by atoms with E-state index in [9.17, 15) is 13.2 Å². The number of thioether (sulfide) groups is 1. The van der Waals surface area contributed by atoms with Crippen LogP contribution in [0.2, 0.25) is 0 Å². The SMILES string of the molecule is CCCCn1c(SCc2cc(=O)n3ccccc3n2)nc2cc(S(=O)(=O)N(CC)CC)ccc21. The molecule has 8 nitrogen and oxygen atoms in total. The van der Waals surface area contributed by atoms with Crippen molar-refractivity contribution in [2.75, 3.05) is 13.1 Å². The maximum Gasteiger partial charge on any atom is 0.258 e. The first-order chi connectivity index (χ1) is 16.4. The Morgan fingerprint density at radius 1 is 1.03 bits per heavy atom. The molecule has 0 aliphatic rings. The number of fused-ring (bicyclic) bond motifs is 2. The summed E-state index contributed by atoms with van der Waals surface area (Å²) in [6.07, 6.45) is 3.71. The average molecular weight is 500 g/mol. The molecule has 0 bridgehead atoms. The van der Waals surface area contributed by atoms with Gasteiger partial charge in [-0.25, -0.2) is 18.4 Å². The van der Waals surface area contributed by atoms with Crippen LogP contribution in [-0.2, 0) is 22.3 Å². The van der Waals surface area contributed by atoms with Gasteiger partial charge in [-0.2, -0.15) is 4.31 Å². The third-order valence-electron chi connectivity index (χ3n) is 5.74. The van der Waals surface area contributed by atoms with E-state index in [1.807, 2.05) is 32.0 Å². The predicted molar refractivity (Wildman–Crippen MR) is 136 cm³/mol. The topological polar surface area (TPSA) is 89.6 Å². The molecule has 0 radical (unpaired) electrons. The maximum atomic E-state index is 13.0. The lowest BCUT2D eigenvalue weighted by Gasteiger charge is -2.18. The van der Waals surface area contributed by atoms with Gasteiger partial charge in [0.05, 0.1) is 21.6 Å². The Hall–Kier alpha value is -2.69. The van der Waals surface area contributed by atoms with Gasteiger partial charge >= 0.3 is 0 Å². The number of hydrogen-bond donors (Lipinski definition) is 0. The average Bonchev–Trinajstić information content (AvgIpc) is 3.18. The van der Waals surface area contributed by atoms with Crippen molar-refractivity contribution in [1.29, 1.82) is 0 Å². The summed E-state index contributed by atoms with van der Waals surface area (Å²) in [5.74, 6) is 0.487. The molecule has 0 amide bonds. The Balaban J connectivity index is 1.69. The van der Waals surface area contributed by atoms with Gasteiger partial charge in [0.25, 0.3) is 5.56 Å². The minimum Gasteiger partial charge on any atom is -0.319 e. The van der Waals surface area contributed by atoms with Crippen LogP contribution in [0.5, 0.6) is 0 Å². The fraction of sp³-hybridized carbons (Fsp3) is 0.375. The standard InChI is InChI=1S/C24H29N5O3S2/c1-4-7-13-28-21-12-11-19(34(31,32)27(5-2)6-3)16-20(21)26-24(28)33-17-18-15-23(30)29-14-9-8-10-22(29)25-18/h8-12,14-16H,4-7,13,17H2,1-3H3. The minimum absolute atomic E-state index is 0.119. The lowest BCUT2D eigenvalue weighted by molar-refractivity contribution is 0.445.